The molecule has 3 aromatic rings. The first-order valence-corrected chi connectivity index (χ1v) is 6.69. The van der Waals surface area contributed by atoms with Gasteiger partial charge < -0.3 is 0 Å². The third kappa shape index (κ3) is 3.07. The Morgan fingerprint density at radius 1 is 1.20 bits per heavy atom. The molecule has 2 aromatic heterocycles. The first kappa shape index (κ1) is 14.7. The van der Waals surface area contributed by atoms with E-state index in [1.165, 1.54) is 11.3 Å². The van der Waals surface area contributed by atoms with E-state index in [9.17, 15) is 4.79 Å². The zero-order valence-corrected chi connectivity index (χ0v) is 12.4. The van der Waals surface area contributed by atoms with E-state index in [0.717, 1.165) is 10.2 Å². The number of fused-ring (bicyclic) bond motifs is 1. The van der Waals surface area contributed by atoms with E-state index < -0.39 is 0 Å². The number of carbonyl (C=O) groups excluding carboxylic acids is 1. The number of aromatic nitrogens is 2. The molecule has 2 heterocycles. The molecule has 1 amide bonds. The molecule has 20 heavy (non-hydrogen) atoms. The van der Waals surface area contributed by atoms with Crippen molar-refractivity contribution in [3.63, 3.8) is 0 Å². The minimum Gasteiger partial charge on any atom is -0.298 e. The van der Waals surface area contributed by atoms with Gasteiger partial charge in [-0.2, -0.15) is 0 Å². The Morgan fingerprint density at radius 3 is 2.70 bits per heavy atom. The van der Waals surface area contributed by atoms with Gasteiger partial charge in [-0.25, -0.2) is 4.98 Å². The van der Waals surface area contributed by atoms with Gasteiger partial charge in [0, 0.05) is 23.0 Å². The van der Waals surface area contributed by atoms with Crippen LogP contribution in [-0.2, 0) is 0 Å². The molecule has 0 atom stereocenters. The van der Waals surface area contributed by atoms with Crippen LogP contribution >= 0.6 is 35.3 Å². The molecule has 0 unspecified atom stereocenters. The second-order valence-corrected chi connectivity index (χ2v) is 5.29. The maximum atomic E-state index is 12.0. The van der Waals surface area contributed by atoms with E-state index in [-0.39, 0.29) is 18.3 Å². The number of nitrogens with zero attached hydrogens (tertiary/aromatic N) is 2. The number of hydrogen-bond donors (Lipinski definition) is 1. The fraction of sp³-hybridized carbons (Fsp3) is 0. The molecule has 0 spiro atoms. The van der Waals surface area contributed by atoms with Crippen molar-refractivity contribution in [3.05, 3.63) is 53.3 Å². The van der Waals surface area contributed by atoms with E-state index >= 15 is 0 Å². The molecule has 3 rings (SSSR count). The van der Waals surface area contributed by atoms with Gasteiger partial charge in [0.2, 0.25) is 0 Å². The van der Waals surface area contributed by atoms with Crippen LogP contribution in [0.1, 0.15) is 10.4 Å². The zero-order valence-electron chi connectivity index (χ0n) is 10.0. The Bertz CT molecular complexity index is 746. The first-order chi connectivity index (χ1) is 9.22. The van der Waals surface area contributed by atoms with Crippen molar-refractivity contribution in [3.8, 4) is 0 Å². The summed E-state index contributed by atoms with van der Waals surface area (Å²) in [6.45, 7) is 0. The molecule has 0 bridgehead atoms. The third-order valence-corrected chi connectivity index (χ3v) is 3.68. The number of halogens is 2. The number of nitrogens with one attached hydrogen (secondary N) is 1. The summed E-state index contributed by atoms with van der Waals surface area (Å²) < 4.78 is 0.942. The molecule has 0 radical (unpaired) electrons. The number of anilines is 1. The van der Waals surface area contributed by atoms with Crippen LogP contribution in [0.15, 0.2) is 42.7 Å². The number of hydrogen-bond acceptors (Lipinski definition) is 4. The maximum absolute atomic E-state index is 12.0. The van der Waals surface area contributed by atoms with Crippen molar-refractivity contribution in [1.82, 2.24) is 9.97 Å². The van der Waals surface area contributed by atoms with Gasteiger partial charge in [-0.1, -0.05) is 22.9 Å². The molecule has 0 aliphatic heterocycles. The molecule has 0 saturated heterocycles. The van der Waals surface area contributed by atoms with Gasteiger partial charge in [-0.05, 0) is 30.3 Å². The summed E-state index contributed by atoms with van der Waals surface area (Å²) in [5.74, 6) is -0.201. The van der Waals surface area contributed by atoms with Gasteiger partial charge >= 0.3 is 0 Å². The number of thiazole rings is 1. The zero-order chi connectivity index (χ0) is 13.2. The summed E-state index contributed by atoms with van der Waals surface area (Å²) >= 11 is 7.31. The van der Waals surface area contributed by atoms with Crippen LogP contribution < -0.4 is 5.32 Å². The highest BCUT2D eigenvalue weighted by Crippen LogP contribution is 2.28. The second-order valence-electron chi connectivity index (χ2n) is 3.82. The number of rotatable bonds is 2. The lowest BCUT2D eigenvalue weighted by Crippen LogP contribution is -2.11. The van der Waals surface area contributed by atoms with E-state index in [1.807, 2.05) is 12.1 Å². The highest BCUT2D eigenvalue weighted by atomic mass is 35.5. The number of amides is 1. The quantitative estimate of drug-likeness (QED) is 0.774. The smallest absolute Gasteiger partial charge is 0.257 e. The van der Waals surface area contributed by atoms with Crippen LogP contribution in [-0.4, -0.2) is 15.9 Å². The maximum Gasteiger partial charge on any atom is 0.257 e. The summed E-state index contributed by atoms with van der Waals surface area (Å²) in [4.78, 5) is 20.2. The Kier molecular flexibility index (Phi) is 4.54. The van der Waals surface area contributed by atoms with Crippen LogP contribution in [0, 0.1) is 0 Å². The summed E-state index contributed by atoms with van der Waals surface area (Å²) in [6, 6.07) is 8.74. The van der Waals surface area contributed by atoms with E-state index in [0.29, 0.717) is 15.7 Å². The predicted molar refractivity (Wildman–Crippen MR) is 84.1 cm³/mol. The van der Waals surface area contributed by atoms with E-state index in [2.05, 4.69) is 15.3 Å². The summed E-state index contributed by atoms with van der Waals surface area (Å²) in [5, 5.41) is 3.98. The molecular formula is C13H9Cl2N3OS. The van der Waals surface area contributed by atoms with Crippen LogP contribution in [0.2, 0.25) is 5.02 Å². The molecule has 0 aliphatic carbocycles. The van der Waals surface area contributed by atoms with Gasteiger partial charge in [0.25, 0.3) is 5.91 Å². The van der Waals surface area contributed by atoms with Gasteiger partial charge in [0.1, 0.15) is 0 Å². The molecule has 1 aromatic carbocycles. The highest BCUT2D eigenvalue weighted by Gasteiger charge is 2.09. The Hall–Kier alpha value is -1.69. The van der Waals surface area contributed by atoms with Gasteiger partial charge in [0.05, 0.1) is 10.2 Å². The SMILES string of the molecule is Cl.O=C(Nc1nc2ccc(Cl)cc2s1)c1ccncc1. The molecule has 102 valence electrons. The largest absolute Gasteiger partial charge is 0.298 e. The average Bonchev–Trinajstić information content (AvgIpc) is 2.81. The van der Waals surface area contributed by atoms with Crippen molar-refractivity contribution < 1.29 is 4.79 Å². The van der Waals surface area contributed by atoms with Crippen LogP contribution in [0.5, 0.6) is 0 Å². The highest BCUT2D eigenvalue weighted by molar-refractivity contribution is 7.22. The molecule has 1 N–H and O–H groups in total. The monoisotopic (exact) mass is 325 g/mol. The van der Waals surface area contributed by atoms with Crippen molar-refractivity contribution in [2.24, 2.45) is 0 Å². The Morgan fingerprint density at radius 2 is 1.95 bits per heavy atom. The van der Waals surface area contributed by atoms with E-state index in [1.54, 1.807) is 30.6 Å². The van der Waals surface area contributed by atoms with Gasteiger partial charge in [-0.3, -0.25) is 15.1 Å². The number of benzene rings is 1. The molecule has 0 fully saturated rings. The Labute approximate surface area is 130 Å². The molecule has 0 aliphatic rings. The first-order valence-electron chi connectivity index (χ1n) is 5.50. The van der Waals surface area contributed by atoms with Crippen molar-refractivity contribution in [2.75, 3.05) is 5.32 Å². The van der Waals surface area contributed by atoms with Crippen LogP contribution in [0.4, 0.5) is 5.13 Å². The Balaban J connectivity index is 0.00000147. The minimum atomic E-state index is -0.201. The van der Waals surface area contributed by atoms with Crippen molar-refractivity contribution >= 4 is 56.6 Å². The van der Waals surface area contributed by atoms with E-state index in [4.69, 9.17) is 11.6 Å². The number of pyridine rings is 1. The van der Waals surface area contributed by atoms with Crippen LogP contribution in [0.25, 0.3) is 10.2 Å². The van der Waals surface area contributed by atoms with Gasteiger partial charge in [-0.15, -0.1) is 12.4 Å². The fourth-order valence-corrected chi connectivity index (χ4v) is 2.76. The minimum absolute atomic E-state index is 0. The summed E-state index contributed by atoms with van der Waals surface area (Å²) in [7, 11) is 0. The summed E-state index contributed by atoms with van der Waals surface area (Å²) in [6.07, 6.45) is 3.15. The standard InChI is InChI=1S/C13H8ClN3OS.ClH/c14-9-1-2-10-11(7-9)19-13(16-10)17-12(18)8-3-5-15-6-4-8;/h1-7H,(H,16,17,18);1H. The summed E-state index contributed by atoms with van der Waals surface area (Å²) in [5.41, 5.74) is 1.37. The lowest BCUT2D eigenvalue weighted by molar-refractivity contribution is 0.102. The number of carbonyl (C=O) groups is 1. The lowest BCUT2D eigenvalue weighted by Gasteiger charge is -1.99. The normalized spacial score (nSPS) is 10.1. The molecular weight excluding hydrogens is 317 g/mol. The third-order valence-electron chi connectivity index (χ3n) is 2.51. The van der Waals surface area contributed by atoms with Gasteiger partial charge in [0.15, 0.2) is 5.13 Å². The fourth-order valence-electron chi connectivity index (χ4n) is 1.62. The van der Waals surface area contributed by atoms with Crippen LogP contribution in [0.3, 0.4) is 0 Å². The topological polar surface area (TPSA) is 54.9 Å². The predicted octanol–water partition coefficient (Wildman–Crippen LogP) is 4.02. The molecule has 7 heteroatoms. The average molecular weight is 326 g/mol. The second kappa shape index (κ2) is 6.17. The molecule has 4 nitrogen and oxygen atoms in total. The lowest BCUT2D eigenvalue weighted by atomic mass is 10.2. The van der Waals surface area contributed by atoms with Crippen molar-refractivity contribution in [1.29, 1.82) is 0 Å². The molecule has 0 saturated carbocycles. The van der Waals surface area contributed by atoms with Crippen molar-refractivity contribution in [2.45, 2.75) is 0 Å².